The predicted octanol–water partition coefficient (Wildman–Crippen LogP) is 5.89. The second-order valence-corrected chi connectivity index (χ2v) is 5.25. The van der Waals surface area contributed by atoms with Gasteiger partial charge < -0.3 is 4.74 Å². The minimum absolute atomic E-state index is 0.706. The Morgan fingerprint density at radius 1 is 0.722 bits per heavy atom. The molecule has 0 aromatic rings. The van der Waals surface area contributed by atoms with Crippen LogP contribution in [0.25, 0.3) is 0 Å². The number of ether oxygens (including phenoxy) is 1. The van der Waals surface area contributed by atoms with Gasteiger partial charge >= 0.3 is 0 Å². The van der Waals surface area contributed by atoms with E-state index in [4.69, 9.17) is 4.74 Å². The maximum Gasteiger partial charge on any atom is 0.0644 e. The van der Waals surface area contributed by atoms with Crippen molar-refractivity contribution in [2.24, 2.45) is 0 Å². The largest absolute Gasteiger partial charge is 0.377 e. The van der Waals surface area contributed by atoms with E-state index in [0.29, 0.717) is 6.61 Å². The molecule has 0 spiro atoms. The van der Waals surface area contributed by atoms with Crippen LogP contribution in [-0.4, -0.2) is 13.2 Å². The van der Waals surface area contributed by atoms with Gasteiger partial charge in [-0.05, 0) is 6.42 Å². The molecule has 18 heavy (non-hydrogen) atoms. The van der Waals surface area contributed by atoms with Crippen molar-refractivity contribution in [3.8, 4) is 0 Å². The fraction of sp³-hybridized carbons (Fsp3) is 0.882. The Labute approximate surface area is 115 Å². The average molecular weight is 254 g/mol. The zero-order chi connectivity index (χ0) is 13.3. The molecule has 0 unspecified atom stereocenters. The molecule has 1 heteroatoms. The third-order valence-electron chi connectivity index (χ3n) is 3.38. The Kier molecular flexibility index (Phi) is 16.4. The summed E-state index contributed by atoms with van der Waals surface area (Å²) in [5.41, 5.74) is 0. The second-order valence-electron chi connectivity index (χ2n) is 5.25. The summed E-state index contributed by atoms with van der Waals surface area (Å²) in [5, 5.41) is 0. The normalized spacial score (nSPS) is 10.7. The lowest BCUT2D eigenvalue weighted by Crippen LogP contribution is -1.93. The van der Waals surface area contributed by atoms with Crippen molar-refractivity contribution in [2.45, 2.75) is 84.0 Å². The van der Waals surface area contributed by atoms with E-state index in [1.165, 1.54) is 77.0 Å². The fourth-order valence-electron chi connectivity index (χ4n) is 2.21. The van der Waals surface area contributed by atoms with Crippen LogP contribution in [0.15, 0.2) is 12.7 Å². The van der Waals surface area contributed by atoms with Crippen molar-refractivity contribution in [3.63, 3.8) is 0 Å². The summed E-state index contributed by atoms with van der Waals surface area (Å²) in [5.74, 6) is 0. The highest BCUT2D eigenvalue weighted by molar-refractivity contribution is 4.63. The SMILES string of the molecule is C=CCOCCCCCCCCCCCCCC. The highest BCUT2D eigenvalue weighted by atomic mass is 16.5. The van der Waals surface area contributed by atoms with Gasteiger partial charge in [-0.3, -0.25) is 0 Å². The van der Waals surface area contributed by atoms with Gasteiger partial charge in [0.05, 0.1) is 6.61 Å². The Balaban J connectivity index is 2.88. The molecule has 0 saturated heterocycles. The van der Waals surface area contributed by atoms with Crippen molar-refractivity contribution in [1.29, 1.82) is 0 Å². The molecule has 0 aliphatic rings. The van der Waals surface area contributed by atoms with Gasteiger partial charge in [0.2, 0.25) is 0 Å². The van der Waals surface area contributed by atoms with Crippen LogP contribution in [0.4, 0.5) is 0 Å². The molecule has 0 amide bonds. The fourth-order valence-corrected chi connectivity index (χ4v) is 2.21. The van der Waals surface area contributed by atoms with E-state index >= 15 is 0 Å². The maximum absolute atomic E-state index is 5.36. The standard InChI is InChI=1S/C17H34O/c1-3-5-6-7-8-9-10-11-12-13-14-15-17-18-16-4-2/h4H,2-3,5-17H2,1H3. The smallest absolute Gasteiger partial charge is 0.0644 e. The van der Waals surface area contributed by atoms with Crippen LogP contribution < -0.4 is 0 Å². The lowest BCUT2D eigenvalue weighted by Gasteiger charge is -2.03. The van der Waals surface area contributed by atoms with Gasteiger partial charge in [0.15, 0.2) is 0 Å². The molecule has 0 radical (unpaired) electrons. The number of hydrogen-bond acceptors (Lipinski definition) is 1. The molecular formula is C17H34O. The molecule has 0 heterocycles. The molecule has 0 aliphatic carbocycles. The van der Waals surface area contributed by atoms with E-state index in [-0.39, 0.29) is 0 Å². The first-order chi connectivity index (χ1) is 8.91. The minimum Gasteiger partial charge on any atom is -0.377 e. The van der Waals surface area contributed by atoms with E-state index in [0.717, 1.165) is 6.61 Å². The monoisotopic (exact) mass is 254 g/mol. The molecule has 0 rings (SSSR count). The van der Waals surface area contributed by atoms with Crippen molar-refractivity contribution in [2.75, 3.05) is 13.2 Å². The highest BCUT2D eigenvalue weighted by Gasteiger charge is 1.93. The zero-order valence-corrected chi connectivity index (χ0v) is 12.6. The van der Waals surface area contributed by atoms with Crippen molar-refractivity contribution in [3.05, 3.63) is 12.7 Å². The van der Waals surface area contributed by atoms with Gasteiger partial charge in [0, 0.05) is 6.61 Å². The van der Waals surface area contributed by atoms with Crippen LogP contribution in [0.5, 0.6) is 0 Å². The number of hydrogen-bond donors (Lipinski definition) is 0. The molecule has 0 fully saturated rings. The maximum atomic E-state index is 5.36. The van der Waals surface area contributed by atoms with E-state index < -0.39 is 0 Å². The summed E-state index contributed by atoms with van der Waals surface area (Å²) in [4.78, 5) is 0. The van der Waals surface area contributed by atoms with Gasteiger partial charge in [-0.2, -0.15) is 0 Å². The Morgan fingerprint density at radius 2 is 1.17 bits per heavy atom. The Hall–Kier alpha value is -0.300. The van der Waals surface area contributed by atoms with Crippen molar-refractivity contribution in [1.82, 2.24) is 0 Å². The quantitative estimate of drug-likeness (QED) is 0.261. The summed E-state index contributed by atoms with van der Waals surface area (Å²) in [6, 6.07) is 0. The third kappa shape index (κ3) is 15.7. The molecule has 0 aromatic heterocycles. The van der Waals surface area contributed by atoms with Crippen molar-refractivity contribution >= 4 is 0 Å². The van der Waals surface area contributed by atoms with Crippen LogP contribution in [0.1, 0.15) is 84.0 Å². The lowest BCUT2D eigenvalue weighted by molar-refractivity contribution is 0.157. The zero-order valence-electron chi connectivity index (χ0n) is 12.6. The van der Waals surface area contributed by atoms with Gasteiger partial charge in [-0.25, -0.2) is 0 Å². The van der Waals surface area contributed by atoms with E-state index in [1.54, 1.807) is 0 Å². The first-order valence-corrected chi connectivity index (χ1v) is 8.10. The van der Waals surface area contributed by atoms with Crippen LogP contribution in [0.2, 0.25) is 0 Å². The Morgan fingerprint density at radius 3 is 1.61 bits per heavy atom. The van der Waals surface area contributed by atoms with Crippen LogP contribution in [-0.2, 0) is 4.74 Å². The van der Waals surface area contributed by atoms with Gasteiger partial charge in [0.1, 0.15) is 0 Å². The molecular weight excluding hydrogens is 220 g/mol. The van der Waals surface area contributed by atoms with Crippen molar-refractivity contribution < 1.29 is 4.74 Å². The Bertz CT molecular complexity index is 154. The molecule has 108 valence electrons. The summed E-state index contributed by atoms with van der Waals surface area (Å²) < 4.78 is 5.36. The first kappa shape index (κ1) is 17.7. The second kappa shape index (κ2) is 16.7. The van der Waals surface area contributed by atoms with E-state index in [2.05, 4.69) is 13.5 Å². The summed E-state index contributed by atoms with van der Waals surface area (Å²) >= 11 is 0. The van der Waals surface area contributed by atoms with E-state index in [1.807, 2.05) is 6.08 Å². The van der Waals surface area contributed by atoms with Crippen LogP contribution in [0.3, 0.4) is 0 Å². The number of rotatable bonds is 15. The summed E-state index contributed by atoms with van der Waals surface area (Å²) in [6.07, 6.45) is 18.6. The third-order valence-corrected chi connectivity index (χ3v) is 3.38. The lowest BCUT2D eigenvalue weighted by atomic mass is 10.1. The molecule has 0 bridgehead atoms. The minimum atomic E-state index is 0.706. The summed E-state index contributed by atoms with van der Waals surface area (Å²) in [6.45, 7) is 7.53. The van der Waals surface area contributed by atoms with Gasteiger partial charge in [-0.15, -0.1) is 6.58 Å². The topological polar surface area (TPSA) is 9.23 Å². The van der Waals surface area contributed by atoms with Crippen LogP contribution in [0, 0.1) is 0 Å². The highest BCUT2D eigenvalue weighted by Crippen LogP contribution is 2.11. The molecule has 0 saturated carbocycles. The van der Waals surface area contributed by atoms with Crippen LogP contribution >= 0.6 is 0 Å². The average Bonchev–Trinajstić information content (AvgIpc) is 2.39. The number of unbranched alkanes of at least 4 members (excludes halogenated alkanes) is 11. The molecule has 0 atom stereocenters. The predicted molar refractivity (Wildman–Crippen MR) is 82.1 cm³/mol. The van der Waals surface area contributed by atoms with Gasteiger partial charge in [0.25, 0.3) is 0 Å². The molecule has 0 N–H and O–H groups in total. The van der Waals surface area contributed by atoms with E-state index in [9.17, 15) is 0 Å². The summed E-state index contributed by atoms with van der Waals surface area (Å²) in [7, 11) is 0. The first-order valence-electron chi connectivity index (χ1n) is 8.10. The molecule has 0 aliphatic heterocycles. The molecule has 1 nitrogen and oxygen atoms in total. The van der Waals surface area contributed by atoms with Gasteiger partial charge in [-0.1, -0.05) is 83.6 Å². The molecule has 0 aromatic carbocycles.